The molecule has 2 nitrogen and oxygen atoms in total. The Balaban J connectivity index is 1.85. The van der Waals surface area contributed by atoms with E-state index in [9.17, 15) is 0 Å². The third-order valence-electron chi connectivity index (χ3n) is 3.75. The molecule has 0 spiro atoms. The predicted molar refractivity (Wildman–Crippen MR) is 60.5 cm³/mol. The summed E-state index contributed by atoms with van der Waals surface area (Å²) < 4.78 is 0. The van der Waals surface area contributed by atoms with Crippen LogP contribution in [-0.4, -0.2) is 37.1 Å². The lowest BCUT2D eigenvalue weighted by molar-refractivity contribution is 0.121. The molecule has 2 saturated heterocycles. The van der Waals surface area contributed by atoms with Crippen LogP contribution in [0.5, 0.6) is 0 Å². The molecule has 0 radical (unpaired) electrons. The van der Waals surface area contributed by atoms with Gasteiger partial charge in [0, 0.05) is 12.6 Å². The van der Waals surface area contributed by atoms with Crippen molar-refractivity contribution in [1.82, 2.24) is 10.2 Å². The number of nitrogens with zero attached hydrogens (tertiary/aromatic N) is 1. The average molecular weight is 196 g/mol. The van der Waals surface area contributed by atoms with Gasteiger partial charge in [-0.05, 0) is 57.7 Å². The first-order valence-electron chi connectivity index (χ1n) is 6.31. The third kappa shape index (κ3) is 2.71. The quantitative estimate of drug-likeness (QED) is 0.688. The molecule has 0 aromatic carbocycles. The lowest BCUT2D eigenvalue weighted by atomic mass is 9.96. The van der Waals surface area contributed by atoms with Crippen molar-refractivity contribution in [2.45, 2.75) is 45.1 Å². The fourth-order valence-electron chi connectivity index (χ4n) is 2.92. The van der Waals surface area contributed by atoms with E-state index in [2.05, 4.69) is 17.1 Å². The molecule has 14 heavy (non-hydrogen) atoms. The summed E-state index contributed by atoms with van der Waals surface area (Å²) in [5.74, 6) is 0.931. The van der Waals surface area contributed by atoms with Crippen molar-refractivity contribution in [2.75, 3.05) is 26.2 Å². The van der Waals surface area contributed by atoms with Crippen molar-refractivity contribution in [3.05, 3.63) is 0 Å². The number of hydrogen-bond donors (Lipinski definition) is 1. The molecule has 0 saturated carbocycles. The number of likely N-dealkylation sites (tertiary alicyclic amines) is 1. The molecule has 2 atom stereocenters. The molecule has 2 heterocycles. The minimum absolute atomic E-state index is 0.882. The zero-order valence-electron chi connectivity index (χ0n) is 9.47. The van der Waals surface area contributed by atoms with Gasteiger partial charge in [-0.1, -0.05) is 6.92 Å². The van der Waals surface area contributed by atoms with Crippen LogP contribution in [-0.2, 0) is 0 Å². The first kappa shape index (κ1) is 10.4. The maximum atomic E-state index is 3.50. The summed E-state index contributed by atoms with van der Waals surface area (Å²) >= 11 is 0. The van der Waals surface area contributed by atoms with Crippen LogP contribution < -0.4 is 5.32 Å². The molecular formula is C12H24N2. The standard InChI is InChI=1S/C12H24N2/c1-11-4-3-9-14(10-11)12-5-2-7-13-8-6-12/h11-13H,2-10H2,1H3/t11-,12?/m1/s1. The van der Waals surface area contributed by atoms with Gasteiger partial charge in [-0.2, -0.15) is 0 Å². The fraction of sp³-hybridized carbons (Fsp3) is 1.00. The highest BCUT2D eigenvalue weighted by Gasteiger charge is 2.23. The SMILES string of the molecule is C[C@@H]1CCCN(C2CCCNCC2)C1. The fourth-order valence-corrected chi connectivity index (χ4v) is 2.92. The van der Waals surface area contributed by atoms with E-state index in [-0.39, 0.29) is 0 Å². The number of nitrogens with one attached hydrogen (secondary N) is 1. The highest BCUT2D eigenvalue weighted by atomic mass is 15.2. The molecule has 2 heteroatoms. The first-order chi connectivity index (χ1) is 6.86. The number of piperidine rings is 1. The van der Waals surface area contributed by atoms with Crippen molar-refractivity contribution < 1.29 is 0 Å². The predicted octanol–water partition coefficient (Wildman–Crippen LogP) is 1.86. The summed E-state index contributed by atoms with van der Waals surface area (Å²) in [6.45, 7) is 7.58. The second kappa shape index (κ2) is 5.13. The summed E-state index contributed by atoms with van der Waals surface area (Å²) in [7, 11) is 0. The van der Waals surface area contributed by atoms with Crippen LogP contribution in [0.3, 0.4) is 0 Å². The van der Waals surface area contributed by atoms with E-state index in [1.54, 1.807) is 0 Å². The number of rotatable bonds is 1. The normalized spacial score (nSPS) is 36.6. The van der Waals surface area contributed by atoms with E-state index in [1.165, 1.54) is 58.3 Å². The van der Waals surface area contributed by atoms with E-state index >= 15 is 0 Å². The van der Waals surface area contributed by atoms with Gasteiger partial charge in [0.2, 0.25) is 0 Å². The summed E-state index contributed by atoms with van der Waals surface area (Å²) in [4.78, 5) is 2.75. The van der Waals surface area contributed by atoms with Gasteiger partial charge in [-0.3, -0.25) is 0 Å². The lowest BCUT2D eigenvalue weighted by Gasteiger charge is -2.36. The van der Waals surface area contributed by atoms with Crippen LogP contribution in [0, 0.1) is 5.92 Å². The molecule has 0 bridgehead atoms. The molecule has 0 amide bonds. The Morgan fingerprint density at radius 1 is 1.07 bits per heavy atom. The summed E-state index contributed by atoms with van der Waals surface area (Å²) in [6, 6.07) is 0.882. The van der Waals surface area contributed by atoms with Gasteiger partial charge in [-0.15, -0.1) is 0 Å². The van der Waals surface area contributed by atoms with Crippen molar-refractivity contribution in [1.29, 1.82) is 0 Å². The molecule has 1 unspecified atom stereocenters. The Labute approximate surface area is 88.1 Å². The van der Waals surface area contributed by atoms with Crippen LogP contribution in [0.25, 0.3) is 0 Å². The second-order valence-corrected chi connectivity index (χ2v) is 5.08. The van der Waals surface area contributed by atoms with Crippen molar-refractivity contribution >= 4 is 0 Å². The summed E-state index contributed by atoms with van der Waals surface area (Å²) in [6.07, 6.45) is 7.02. The molecular weight excluding hydrogens is 172 g/mol. The number of hydrogen-bond acceptors (Lipinski definition) is 2. The van der Waals surface area contributed by atoms with Gasteiger partial charge in [0.1, 0.15) is 0 Å². The Morgan fingerprint density at radius 3 is 2.86 bits per heavy atom. The minimum Gasteiger partial charge on any atom is -0.317 e. The third-order valence-corrected chi connectivity index (χ3v) is 3.75. The van der Waals surface area contributed by atoms with Crippen molar-refractivity contribution in [3.63, 3.8) is 0 Å². The van der Waals surface area contributed by atoms with Crippen molar-refractivity contribution in [3.8, 4) is 0 Å². The van der Waals surface area contributed by atoms with Crippen molar-refractivity contribution in [2.24, 2.45) is 5.92 Å². The second-order valence-electron chi connectivity index (χ2n) is 5.08. The van der Waals surface area contributed by atoms with E-state index in [0.29, 0.717) is 0 Å². The molecule has 0 aromatic heterocycles. The molecule has 0 aliphatic carbocycles. The van der Waals surface area contributed by atoms with Crippen LogP contribution in [0.1, 0.15) is 39.0 Å². The van der Waals surface area contributed by atoms with E-state index < -0.39 is 0 Å². The Kier molecular flexibility index (Phi) is 3.82. The van der Waals surface area contributed by atoms with Crippen LogP contribution in [0.15, 0.2) is 0 Å². The molecule has 2 rings (SSSR count). The Morgan fingerprint density at radius 2 is 2.00 bits per heavy atom. The average Bonchev–Trinajstić information content (AvgIpc) is 2.45. The lowest BCUT2D eigenvalue weighted by Crippen LogP contribution is -2.42. The van der Waals surface area contributed by atoms with Gasteiger partial charge >= 0.3 is 0 Å². The van der Waals surface area contributed by atoms with Crippen LogP contribution >= 0.6 is 0 Å². The van der Waals surface area contributed by atoms with E-state index in [4.69, 9.17) is 0 Å². The largest absolute Gasteiger partial charge is 0.317 e. The minimum atomic E-state index is 0.882. The van der Waals surface area contributed by atoms with Gasteiger partial charge in [0.25, 0.3) is 0 Å². The smallest absolute Gasteiger partial charge is 0.0108 e. The zero-order valence-corrected chi connectivity index (χ0v) is 9.47. The van der Waals surface area contributed by atoms with Crippen LogP contribution in [0.2, 0.25) is 0 Å². The highest BCUT2D eigenvalue weighted by molar-refractivity contribution is 4.80. The molecule has 2 aliphatic rings. The maximum absolute atomic E-state index is 3.50. The van der Waals surface area contributed by atoms with Crippen LogP contribution in [0.4, 0.5) is 0 Å². The maximum Gasteiger partial charge on any atom is 0.0108 e. The molecule has 0 aromatic rings. The monoisotopic (exact) mass is 196 g/mol. The Hall–Kier alpha value is -0.0800. The van der Waals surface area contributed by atoms with E-state index in [1.807, 2.05) is 0 Å². The highest BCUT2D eigenvalue weighted by Crippen LogP contribution is 2.21. The molecule has 1 N–H and O–H groups in total. The molecule has 2 aliphatic heterocycles. The van der Waals surface area contributed by atoms with Gasteiger partial charge in [0.15, 0.2) is 0 Å². The summed E-state index contributed by atoms with van der Waals surface area (Å²) in [5, 5.41) is 3.50. The van der Waals surface area contributed by atoms with Gasteiger partial charge in [-0.25, -0.2) is 0 Å². The van der Waals surface area contributed by atoms with E-state index in [0.717, 1.165) is 12.0 Å². The summed E-state index contributed by atoms with van der Waals surface area (Å²) in [5.41, 5.74) is 0. The first-order valence-corrected chi connectivity index (χ1v) is 6.31. The van der Waals surface area contributed by atoms with Gasteiger partial charge in [0.05, 0.1) is 0 Å². The zero-order chi connectivity index (χ0) is 9.80. The van der Waals surface area contributed by atoms with Gasteiger partial charge < -0.3 is 10.2 Å². The topological polar surface area (TPSA) is 15.3 Å². The molecule has 82 valence electrons. The molecule has 2 fully saturated rings. The Bertz CT molecular complexity index is 162.